The first kappa shape index (κ1) is 15.1. The van der Waals surface area contributed by atoms with Crippen molar-refractivity contribution in [3.63, 3.8) is 0 Å². The van der Waals surface area contributed by atoms with Gasteiger partial charge in [-0.15, -0.1) is 0 Å². The van der Waals surface area contributed by atoms with Crippen molar-refractivity contribution in [3.8, 4) is 0 Å². The van der Waals surface area contributed by atoms with Gasteiger partial charge in [0.05, 0.1) is 5.75 Å². The summed E-state index contributed by atoms with van der Waals surface area (Å²) in [6.07, 6.45) is 3.24. The lowest BCUT2D eigenvalue weighted by Gasteiger charge is -2.12. The Morgan fingerprint density at radius 3 is 2.33 bits per heavy atom. The standard InChI is InChI=1S/C9H21NO3S2/c1-3-6-9(4-2)14(11)7-5-8-15(10,12)13/h9H,3-8H2,1-2H3,(H2,10,12,13). The monoisotopic (exact) mass is 255 g/mol. The molecule has 0 radical (unpaired) electrons. The summed E-state index contributed by atoms with van der Waals surface area (Å²) in [6.45, 7) is 4.07. The Morgan fingerprint density at radius 1 is 1.33 bits per heavy atom. The Hall–Kier alpha value is 0.0600. The maximum Gasteiger partial charge on any atom is 0.209 e. The van der Waals surface area contributed by atoms with E-state index in [1.807, 2.05) is 6.92 Å². The molecule has 0 aliphatic carbocycles. The van der Waals surface area contributed by atoms with Gasteiger partial charge in [0.15, 0.2) is 0 Å². The van der Waals surface area contributed by atoms with E-state index < -0.39 is 20.8 Å². The highest BCUT2D eigenvalue weighted by Gasteiger charge is 2.14. The van der Waals surface area contributed by atoms with Gasteiger partial charge in [0.1, 0.15) is 0 Å². The van der Waals surface area contributed by atoms with E-state index in [2.05, 4.69) is 6.92 Å². The molecule has 0 bridgehead atoms. The average molecular weight is 255 g/mol. The molecule has 0 aliphatic heterocycles. The van der Waals surface area contributed by atoms with Crippen molar-refractivity contribution in [1.29, 1.82) is 0 Å². The quantitative estimate of drug-likeness (QED) is 0.702. The molecule has 0 aromatic rings. The molecular formula is C9H21NO3S2. The highest BCUT2D eigenvalue weighted by atomic mass is 32.2. The third kappa shape index (κ3) is 7.93. The van der Waals surface area contributed by atoms with Gasteiger partial charge >= 0.3 is 0 Å². The molecule has 0 heterocycles. The summed E-state index contributed by atoms with van der Waals surface area (Å²) in [5.74, 6) is 0.371. The van der Waals surface area contributed by atoms with Gasteiger partial charge < -0.3 is 0 Å². The Balaban J connectivity index is 3.91. The van der Waals surface area contributed by atoms with Gasteiger partial charge in [-0.05, 0) is 19.3 Å². The summed E-state index contributed by atoms with van der Waals surface area (Å²) in [6, 6.07) is 0. The smallest absolute Gasteiger partial charge is 0.209 e. The molecule has 0 aromatic heterocycles. The number of sulfonamides is 1. The third-order valence-corrected chi connectivity index (χ3v) is 5.07. The van der Waals surface area contributed by atoms with Gasteiger partial charge in [0.2, 0.25) is 10.0 Å². The highest BCUT2D eigenvalue weighted by Crippen LogP contribution is 2.10. The third-order valence-electron chi connectivity index (χ3n) is 2.21. The molecule has 0 spiro atoms. The van der Waals surface area contributed by atoms with Crippen molar-refractivity contribution >= 4 is 20.8 Å². The van der Waals surface area contributed by atoms with Crippen LogP contribution in [-0.2, 0) is 20.8 Å². The average Bonchev–Trinajstić information content (AvgIpc) is 2.11. The van der Waals surface area contributed by atoms with Crippen molar-refractivity contribution < 1.29 is 12.6 Å². The minimum absolute atomic E-state index is 0.0682. The van der Waals surface area contributed by atoms with Crippen LogP contribution in [0.4, 0.5) is 0 Å². The second-order valence-electron chi connectivity index (χ2n) is 3.62. The predicted molar refractivity (Wildman–Crippen MR) is 64.6 cm³/mol. The van der Waals surface area contributed by atoms with Crippen molar-refractivity contribution in [2.45, 2.75) is 44.8 Å². The molecule has 4 nitrogen and oxygen atoms in total. The molecular weight excluding hydrogens is 234 g/mol. The zero-order valence-corrected chi connectivity index (χ0v) is 11.1. The molecule has 0 aromatic carbocycles. The first-order chi connectivity index (χ1) is 6.90. The van der Waals surface area contributed by atoms with Crippen molar-refractivity contribution in [2.75, 3.05) is 11.5 Å². The van der Waals surface area contributed by atoms with E-state index in [1.165, 1.54) is 0 Å². The Labute approximate surface area is 95.1 Å². The SMILES string of the molecule is CCCC(CC)S(=O)CCCS(N)(=O)=O. The molecule has 0 amide bonds. The number of rotatable bonds is 8. The summed E-state index contributed by atoms with van der Waals surface area (Å²) in [7, 11) is -4.31. The molecule has 0 rings (SSSR count). The molecule has 0 aliphatic rings. The van der Waals surface area contributed by atoms with E-state index in [9.17, 15) is 12.6 Å². The molecule has 2 N–H and O–H groups in total. The zero-order valence-electron chi connectivity index (χ0n) is 9.44. The summed E-state index contributed by atoms with van der Waals surface area (Å²) in [5, 5.41) is 5.07. The van der Waals surface area contributed by atoms with Gasteiger partial charge in [-0.25, -0.2) is 13.6 Å². The van der Waals surface area contributed by atoms with Crippen LogP contribution in [0.1, 0.15) is 39.5 Å². The van der Waals surface area contributed by atoms with Crippen LogP contribution in [0.15, 0.2) is 0 Å². The van der Waals surface area contributed by atoms with E-state index in [-0.39, 0.29) is 11.0 Å². The van der Waals surface area contributed by atoms with Crippen LogP contribution in [0.25, 0.3) is 0 Å². The predicted octanol–water partition coefficient (Wildman–Crippen LogP) is 0.992. The summed E-state index contributed by atoms with van der Waals surface area (Å²) in [5.41, 5.74) is 0. The first-order valence-electron chi connectivity index (χ1n) is 5.28. The summed E-state index contributed by atoms with van der Waals surface area (Å²) in [4.78, 5) is 0. The lowest BCUT2D eigenvalue weighted by molar-refractivity contribution is 0.596. The van der Waals surface area contributed by atoms with Crippen molar-refractivity contribution in [1.82, 2.24) is 0 Å². The minimum Gasteiger partial charge on any atom is -0.259 e. The van der Waals surface area contributed by atoms with Gasteiger partial charge in [-0.3, -0.25) is 4.21 Å². The number of primary sulfonamides is 1. The van der Waals surface area contributed by atoms with E-state index in [0.29, 0.717) is 12.2 Å². The van der Waals surface area contributed by atoms with Crippen LogP contribution >= 0.6 is 0 Å². The van der Waals surface area contributed by atoms with Gasteiger partial charge in [-0.2, -0.15) is 0 Å². The fourth-order valence-corrected chi connectivity index (χ4v) is 3.77. The van der Waals surface area contributed by atoms with Crippen LogP contribution < -0.4 is 5.14 Å². The maximum atomic E-state index is 11.7. The van der Waals surface area contributed by atoms with E-state index in [1.54, 1.807) is 0 Å². The fourth-order valence-electron chi connectivity index (χ4n) is 1.41. The Morgan fingerprint density at radius 2 is 1.93 bits per heavy atom. The van der Waals surface area contributed by atoms with Crippen LogP contribution in [0.3, 0.4) is 0 Å². The lowest BCUT2D eigenvalue weighted by atomic mass is 10.2. The zero-order chi connectivity index (χ0) is 11.9. The van der Waals surface area contributed by atoms with Crippen molar-refractivity contribution in [2.24, 2.45) is 5.14 Å². The lowest BCUT2D eigenvalue weighted by Crippen LogP contribution is -2.21. The molecule has 2 unspecified atom stereocenters. The van der Waals surface area contributed by atoms with Gasteiger partial charge in [0.25, 0.3) is 0 Å². The number of hydrogen-bond acceptors (Lipinski definition) is 3. The molecule has 92 valence electrons. The highest BCUT2D eigenvalue weighted by molar-refractivity contribution is 7.89. The first-order valence-corrected chi connectivity index (χ1v) is 8.38. The van der Waals surface area contributed by atoms with Gasteiger partial charge in [0, 0.05) is 21.8 Å². The molecule has 15 heavy (non-hydrogen) atoms. The second kappa shape index (κ2) is 7.35. The van der Waals surface area contributed by atoms with Crippen LogP contribution in [-0.4, -0.2) is 29.4 Å². The summed E-state index contributed by atoms with van der Waals surface area (Å²) >= 11 is 0. The molecule has 0 saturated carbocycles. The Bertz CT molecular complexity index is 288. The van der Waals surface area contributed by atoms with E-state index >= 15 is 0 Å². The Kier molecular flexibility index (Phi) is 7.38. The topological polar surface area (TPSA) is 77.2 Å². The van der Waals surface area contributed by atoms with Crippen LogP contribution in [0.5, 0.6) is 0 Å². The fraction of sp³-hybridized carbons (Fsp3) is 1.00. The molecule has 6 heteroatoms. The molecule has 0 fully saturated rings. The normalized spacial score (nSPS) is 16.2. The van der Waals surface area contributed by atoms with Gasteiger partial charge in [-0.1, -0.05) is 20.3 Å². The van der Waals surface area contributed by atoms with Crippen LogP contribution in [0, 0.1) is 0 Å². The largest absolute Gasteiger partial charge is 0.259 e. The van der Waals surface area contributed by atoms with E-state index in [0.717, 1.165) is 19.3 Å². The van der Waals surface area contributed by atoms with E-state index in [4.69, 9.17) is 5.14 Å². The molecule has 0 saturated heterocycles. The molecule has 2 atom stereocenters. The van der Waals surface area contributed by atoms with Crippen LogP contribution in [0.2, 0.25) is 0 Å². The van der Waals surface area contributed by atoms with Crippen molar-refractivity contribution in [3.05, 3.63) is 0 Å². The minimum atomic E-state index is -3.40. The maximum absolute atomic E-state index is 11.7. The second-order valence-corrected chi connectivity index (χ2v) is 7.19. The number of hydrogen-bond donors (Lipinski definition) is 1. The summed E-state index contributed by atoms with van der Waals surface area (Å²) < 4.78 is 33.0. The number of nitrogens with two attached hydrogens (primary N) is 1.